The van der Waals surface area contributed by atoms with Crippen LogP contribution in [-0.2, 0) is 4.79 Å². The van der Waals surface area contributed by atoms with Gasteiger partial charge in [-0.15, -0.1) is 0 Å². The number of nitrogens with one attached hydrogen (secondary N) is 3. The summed E-state index contributed by atoms with van der Waals surface area (Å²) < 4.78 is 0. The molecule has 0 atom stereocenters. The zero-order chi connectivity index (χ0) is 26.2. The van der Waals surface area contributed by atoms with Crippen molar-refractivity contribution in [1.29, 1.82) is 0 Å². The van der Waals surface area contributed by atoms with Crippen LogP contribution in [0.5, 0.6) is 0 Å². The van der Waals surface area contributed by atoms with Crippen molar-refractivity contribution in [3.8, 4) is 22.5 Å². The molecule has 1 amide bonds. The van der Waals surface area contributed by atoms with E-state index in [0.717, 1.165) is 70.8 Å². The molecule has 194 valence electrons. The number of likely N-dealkylation sites (N-methyl/N-ethyl adjacent to an activating group) is 2. The standard InChI is InChI=1S/C27H30N10O/c1-35(2)16-24(38)31-19-10-17(13-28-15-19)18-11-21-25(33-34-26(21)30-14-18)23-12-20-22(32-23)4-5-29-27(20)37-8-6-36(3)7-9-37/h4-5,10-15,32H,6-9,16H2,1-3H3,(H,31,38)(H,30,33,34). The molecule has 1 aliphatic rings. The number of amides is 1. The minimum Gasteiger partial charge on any atom is -0.353 e. The van der Waals surface area contributed by atoms with Crippen molar-refractivity contribution in [2.75, 3.05) is 64.1 Å². The number of piperazine rings is 1. The molecule has 0 aliphatic carbocycles. The molecule has 1 saturated heterocycles. The summed E-state index contributed by atoms with van der Waals surface area (Å²) in [5.74, 6) is 0.906. The van der Waals surface area contributed by atoms with Crippen molar-refractivity contribution in [3.63, 3.8) is 0 Å². The largest absolute Gasteiger partial charge is 0.353 e. The number of aromatic nitrogens is 6. The van der Waals surface area contributed by atoms with Gasteiger partial charge in [0.2, 0.25) is 5.91 Å². The number of H-pyrrole nitrogens is 2. The van der Waals surface area contributed by atoms with Crippen LogP contribution < -0.4 is 10.2 Å². The molecular formula is C27H30N10O. The highest BCUT2D eigenvalue weighted by atomic mass is 16.2. The number of pyridine rings is 3. The van der Waals surface area contributed by atoms with Gasteiger partial charge in [-0.3, -0.25) is 14.9 Å². The highest BCUT2D eigenvalue weighted by molar-refractivity contribution is 5.99. The lowest BCUT2D eigenvalue weighted by Crippen LogP contribution is -2.44. The molecule has 0 spiro atoms. The van der Waals surface area contributed by atoms with E-state index in [4.69, 9.17) is 4.98 Å². The zero-order valence-electron chi connectivity index (χ0n) is 21.7. The Bertz CT molecular complexity index is 1610. The maximum absolute atomic E-state index is 12.2. The smallest absolute Gasteiger partial charge is 0.238 e. The summed E-state index contributed by atoms with van der Waals surface area (Å²) in [5, 5.41) is 12.5. The summed E-state index contributed by atoms with van der Waals surface area (Å²) in [4.78, 5) is 35.9. The second-order valence-corrected chi connectivity index (χ2v) is 10.0. The Hall–Kier alpha value is -4.35. The first kappa shape index (κ1) is 24.0. The summed E-state index contributed by atoms with van der Waals surface area (Å²) in [6.07, 6.45) is 7.04. The van der Waals surface area contributed by atoms with Gasteiger partial charge in [-0.2, -0.15) is 5.10 Å². The fourth-order valence-electron chi connectivity index (χ4n) is 4.86. The maximum atomic E-state index is 12.2. The van der Waals surface area contributed by atoms with E-state index in [1.54, 1.807) is 18.6 Å². The third kappa shape index (κ3) is 4.69. The highest BCUT2D eigenvalue weighted by Crippen LogP contribution is 2.33. The molecule has 1 aliphatic heterocycles. The number of nitrogens with zero attached hydrogens (tertiary/aromatic N) is 7. The first-order valence-corrected chi connectivity index (χ1v) is 12.6. The van der Waals surface area contributed by atoms with Gasteiger partial charge in [0.15, 0.2) is 5.65 Å². The van der Waals surface area contributed by atoms with Crippen LogP contribution in [0, 0.1) is 0 Å². The molecule has 5 aromatic heterocycles. The summed E-state index contributed by atoms with van der Waals surface area (Å²) in [6.45, 7) is 4.24. The highest BCUT2D eigenvalue weighted by Gasteiger charge is 2.20. The van der Waals surface area contributed by atoms with Crippen LogP contribution in [0.15, 0.2) is 49.1 Å². The molecular weight excluding hydrogens is 480 g/mol. The molecule has 1 fully saturated rings. The van der Waals surface area contributed by atoms with Crippen molar-refractivity contribution in [2.45, 2.75) is 0 Å². The lowest BCUT2D eigenvalue weighted by molar-refractivity contribution is -0.116. The molecule has 0 aromatic carbocycles. The maximum Gasteiger partial charge on any atom is 0.238 e. The van der Waals surface area contributed by atoms with Crippen LogP contribution in [0.2, 0.25) is 0 Å². The molecule has 0 radical (unpaired) electrons. The number of carbonyl (C=O) groups excluding carboxylic acids is 1. The van der Waals surface area contributed by atoms with E-state index in [0.29, 0.717) is 17.9 Å². The molecule has 3 N–H and O–H groups in total. The number of carbonyl (C=O) groups is 1. The third-order valence-corrected chi connectivity index (χ3v) is 6.82. The summed E-state index contributed by atoms with van der Waals surface area (Å²) >= 11 is 0. The van der Waals surface area contributed by atoms with Gasteiger partial charge in [-0.05, 0) is 45.4 Å². The molecule has 0 saturated carbocycles. The topological polar surface area (TPSA) is 122 Å². The minimum absolute atomic E-state index is 0.0936. The van der Waals surface area contributed by atoms with Crippen LogP contribution in [0.25, 0.3) is 44.5 Å². The van der Waals surface area contributed by atoms with Crippen molar-refractivity contribution >= 4 is 39.3 Å². The van der Waals surface area contributed by atoms with Crippen LogP contribution in [-0.4, -0.2) is 99.7 Å². The summed E-state index contributed by atoms with van der Waals surface area (Å²) in [6, 6.07) is 8.09. The predicted molar refractivity (Wildman–Crippen MR) is 149 cm³/mol. The van der Waals surface area contributed by atoms with Crippen LogP contribution >= 0.6 is 0 Å². The van der Waals surface area contributed by atoms with Gasteiger partial charge in [0.1, 0.15) is 5.82 Å². The van der Waals surface area contributed by atoms with E-state index in [9.17, 15) is 4.79 Å². The van der Waals surface area contributed by atoms with Gasteiger partial charge in [-0.1, -0.05) is 0 Å². The summed E-state index contributed by atoms with van der Waals surface area (Å²) in [5.41, 5.74) is 5.82. The van der Waals surface area contributed by atoms with E-state index in [2.05, 4.69) is 59.4 Å². The van der Waals surface area contributed by atoms with Crippen molar-refractivity contribution in [1.82, 2.24) is 39.9 Å². The number of hydrogen-bond donors (Lipinski definition) is 3. The number of hydrogen-bond acceptors (Lipinski definition) is 8. The fraction of sp³-hybridized carbons (Fsp3) is 0.296. The molecule has 6 heterocycles. The predicted octanol–water partition coefficient (Wildman–Crippen LogP) is 2.82. The molecule has 38 heavy (non-hydrogen) atoms. The Kier molecular flexibility index (Phi) is 6.22. The molecule has 6 rings (SSSR count). The van der Waals surface area contributed by atoms with Gasteiger partial charge in [0, 0.05) is 66.7 Å². The molecule has 11 heteroatoms. The Balaban J connectivity index is 1.34. The Morgan fingerprint density at radius 2 is 1.84 bits per heavy atom. The molecule has 0 bridgehead atoms. The second kappa shape index (κ2) is 9.84. The van der Waals surface area contributed by atoms with Crippen molar-refractivity contribution < 1.29 is 4.79 Å². The van der Waals surface area contributed by atoms with Crippen LogP contribution in [0.3, 0.4) is 0 Å². The van der Waals surface area contributed by atoms with Crippen molar-refractivity contribution in [3.05, 3.63) is 49.1 Å². The van der Waals surface area contributed by atoms with E-state index >= 15 is 0 Å². The molecule has 0 unspecified atom stereocenters. The Labute approximate surface area is 219 Å². The summed E-state index contributed by atoms with van der Waals surface area (Å²) in [7, 11) is 5.86. The quantitative estimate of drug-likeness (QED) is 0.319. The van der Waals surface area contributed by atoms with E-state index in [1.807, 2.05) is 37.3 Å². The number of fused-ring (bicyclic) bond motifs is 2. The van der Waals surface area contributed by atoms with Gasteiger partial charge in [-0.25, -0.2) is 9.97 Å². The minimum atomic E-state index is -0.0936. The lowest BCUT2D eigenvalue weighted by atomic mass is 10.1. The van der Waals surface area contributed by atoms with Gasteiger partial charge in [0.05, 0.1) is 35.3 Å². The Morgan fingerprint density at radius 3 is 2.66 bits per heavy atom. The van der Waals surface area contributed by atoms with E-state index in [-0.39, 0.29) is 5.91 Å². The first-order valence-electron chi connectivity index (χ1n) is 12.6. The van der Waals surface area contributed by atoms with E-state index < -0.39 is 0 Å². The average Bonchev–Trinajstić information content (AvgIpc) is 3.52. The number of aromatic amines is 2. The number of rotatable bonds is 6. The van der Waals surface area contributed by atoms with Gasteiger partial charge in [0.25, 0.3) is 0 Å². The zero-order valence-corrected chi connectivity index (χ0v) is 21.7. The monoisotopic (exact) mass is 510 g/mol. The SMILES string of the molecule is CN(C)CC(=O)Nc1cncc(-c2cnc3n[nH]c(-c4cc5c(N6CCN(C)CC6)nccc5[nH]4)c3c2)c1. The molecule has 5 aromatic rings. The molecule has 11 nitrogen and oxygen atoms in total. The van der Waals surface area contributed by atoms with Crippen LogP contribution in [0.1, 0.15) is 0 Å². The van der Waals surface area contributed by atoms with Crippen molar-refractivity contribution in [2.24, 2.45) is 0 Å². The van der Waals surface area contributed by atoms with Gasteiger partial charge < -0.3 is 25.0 Å². The normalized spacial score (nSPS) is 14.6. The first-order chi connectivity index (χ1) is 18.4. The average molecular weight is 511 g/mol. The lowest BCUT2D eigenvalue weighted by Gasteiger charge is -2.33. The number of anilines is 2. The van der Waals surface area contributed by atoms with Gasteiger partial charge >= 0.3 is 0 Å². The fourth-order valence-corrected chi connectivity index (χ4v) is 4.86. The Morgan fingerprint density at radius 1 is 1.03 bits per heavy atom. The van der Waals surface area contributed by atoms with E-state index in [1.165, 1.54) is 0 Å². The van der Waals surface area contributed by atoms with Crippen LogP contribution in [0.4, 0.5) is 11.5 Å². The third-order valence-electron chi connectivity index (χ3n) is 6.82. The second-order valence-electron chi connectivity index (χ2n) is 10.0.